The molecule has 0 bridgehead atoms. The topological polar surface area (TPSA) is 92.4 Å². The van der Waals surface area contributed by atoms with E-state index in [0.29, 0.717) is 10.4 Å². The Bertz CT molecular complexity index is 867. The summed E-state index contributed by atoms with van der Waals surface area (Å²) in [6.45, 7) is 2.02. The molecule has 3 aromatic rings. The molecule has 0 aliphatic carbocycles. The highest BCUT2D eigenvalue weighted by Crippen LogP contribution is 2.32. The SMILES string of the molecule is CCc1ccc(C(=O)Nc2onc(-c3cccs3)c2C(=O)O)cc1. The fourth-order valence-electron chi connectivity index (χ4n) is 2.22. The van der Waals surface area contributed by atoms with E-state index in [1.165, 1.54) is 11.3 Å². The molecule has 0 spiro atoms. The molecule has 0 saturated carbocycles. The number of carboxylic acid groups (broad SMARTS) is 1. The molecule has 0 saturated heterocycles. The Morgan fingerprint density at radius 3 is 2.58 bits per heavy atom. The second-order valence-electron chi connectivity index (χ2n) is 5.02. The molecule has 7 heteroatoms. The molecule has 0 aliphatic heterocycles. The molecule has 6 nitrogen and oxygen atoms in total. The molecule has 3 rings (SSSR count). The number of rotatable bonds is 5. The molecule has 0 fully saturated rings. The Morgan fingerprint density at radius 2 is 2.00 bits per heavy atom. The van der Waals surface area contributed by atoms with Crippen LogP contribution in [-0.4, -0.2) is 22.1 Å². The lowest BCUT2D eigenvalue weighted by Crippen LogP contribution is -2.14. The van der Waals surface area contributed by atoms with Crippen LogP contribution in [0.5, 0.6) is 0 Å². The summed E-state index contributed by atoms with van der Waals surface area (Å²) in [7, 11) is 0. The van der Waals surface area contributed by atoms with Crippen molar-refractivity contribution in [1.82, 2.24) is 5.16 Å². The molecule has 2 N–H and O–H groups in total. The van der Waals surface area contributed by atoms with Crippen molar-refractivity contribution >= 4 is 29.1 Å². The first kappa shape index (κ1) is 15.9. The third kappa shape index (κ3) is 3.07. The molecule has 0 radical (unpaired) electrons. The van der Waals surface area contributed by atoms with E-state index in [9.17, 15) is 14.7 Å². The van der Waals surface area contributed by atoms with E-state index in [0.717, 1.165) is 12.0 Å². The van der Waals surface area contributed by atoms with Crippen molar-refractivity contribution in [3.05, 3.63) is 58.5 Å². The molecular formula is C17H14N2O4S. The molecule has 2 heterocycles. The van der Waals surface area contributed by atoms with Crippen LogP contribution < -0.4 is 5.32 Å². The van der Waals surface area contributed by atoms with Crippen LogP contribution in [0.4, 0.5) is 5.88 Å². The van der Waals surface area contributed by atoms with Crippen LogP contribution in [0.3, 0.4) is 0 Å². The van der Waals surface area contributed by atoms with Crippen LogP contribution >= 0.6 is 11.3 Å². The Hall–Kier alpha value is -2.93. The number of nitrogens with one attached hydrogen (secondary N) is 1. The zero-order chi connectivity index (χ0) is 17.1. The van der Waals surface area contributed by atoms with Gasteiger partial charge in [-0.3, -0.25) is 10.1 Å². The number of hydrogen-bond acceptors (Lipinski definition) is 5. The van der Waals surface area contributed by atoms with Crippen molar-refractivity contribution in [3.63, 3.8) is 0 Å². The highest BCUT2D eigenvalue weighted by Gasteiger charge is 2.25. The van der Waals surface area contributed by atoms with E-state index in [1.54, 1.807) is 24.3 Å². The maximum Gasteiger partial charge on any atom is 0.343 e. The lowest BCUT2D eigenvalue weighted by atomic mass is 10.1. The van der Waals surface area contributed by atoms with Crippen LogP contribution in [0.1, 0.15) is 33.2 Å². The third-order valence-corrected chi connectivity index (χ3v) is 4.39. The number of carbonyl (C=O) groups excluding carboxylic acids is 1. The average Bonchev–Trinajstić information content (AvgIpc) is 3.23. The normalized spacial score (nSPS) is 10.5. The molecule has 1 amide bonds. The first-order valence-electron chi connectivity index (χ1n) is 7.27. The van der Waals surface area contributed by atoms with Crippen molar-refractivity contribution in [2.45, 2.75) is 13.3 Å². The fourth-order valence-corrected chi connectivity index (χ4v) is 2.93. The molecule has 1 aromatic carbocycles. The van der Waals surface area contributed by atoms with E-state index >= 15 is 0 Å². The summed E-state index contributed by atoms with van der Waals surface area (Å²) >= 11 is 1.34. The smallest absolute Gasteiger partial charge is 0.343 e. The van der Waals surface area contributed by atoms with Gasteiger partial charge in [0.15, 0.2) is 5.56 Å². The Balaban J connectivity index is 1.89. The molecular weight excluding hydrogens is 328 g/mol. The lowest BCUT2D eigenvalue weighted by molar-refractivity contribution is 0.0698. The van der Waals surface area contributed by atoms with Gasteiger partial charge in [-0.05, 0) is 35.6 Å². The van der Waals surface area contributed by atoms with Gasteiger partial charge in [0.25, 0.3) is 5.91 Å². The van der Waals surface area contributed by atoms with Crippen LogP contribution in [0.25, 0.3) is 10.6 Å². The summed E-state index contributed by atoms with van der Waals surface area (Å²) in [5.41, 5.74) is 1.57. The highest BCUT2D eigenvalue weighted by molar-refractivity contribution is 7.13. The highest BCUT2D eigenvalue weighted by atomic mass is 32.1. The van der Waals surface area contributed by atoms with Gasteiger partial charge in [0.1, 0.15) is 5.69 Å². The average molecular weight is 342 g/mol. The summed E-state index contributed by atoms with van der Waals surface area (Å²) in [6, 6.07) is 10.6. The fraction of sp³-hybridized carbons (Fsp3) is 0.118. The summed E-state index contributed by atoms with van der Waals surface area (Å²) in [5, 5.41) is 17.5. The molecule has 0 aliphatic rings. The number of aromatic carboxylic acids is 1. The maximum atomic E-state index is 12.3. The van der Waals surface area contributed by atoms with Gasteiger partial charge < -0.3 is 9.63 Å². The zero-order valence-electron chi connectivity index (χ0n) is 12.8. The molecule has 2 aromatic heterocycles. The molecule has 122 valence electrons. The van der Waals surface area contributed by atoms with Crippen molar-refractivity contribution in [3.8, 4) is 10.6 Å². The van der Waals surface area contributed by atoms with Crippen molar-refractivity contribution in [2.24, 2.45) is 0 Å². The van der Waals surface area contributed by atoms with Gasteiger partial charge in [0, 0.05) is 5.56 Å². The number of aromatic nitrogens is 1. The van der Waals surface area contributed by atoms with Gasteiger partial charge in [-0.25, -0.2) is 4.79 Å². The largest absolute Gasteiger partial charge is 0.477 e. The van der Waals surface area contributed by atoms with Gasteiger partial charge in [-0.1, -0.05) is 30.3 Å². The van der Waals surface area contributed by atoms with Crippen LogP contribution in [0, 0.1) is 0 Å². The number of carbonyl (C=O) groups is 2. The number of hydrogen-bond donors (Lipinski definition) is 2. The van der Waals surface area contributed by atoms with Gasteiger partial charge >= 0.3 is 5.97 Å². The van der Waals surface area contributed by atoms with Crippen molar-refractivity contribution in [1.29, 1.82) is 0 Å². The minimum absolute atomic E-state index is 0.157. The summed E-state index contributed by atoms with van der Waals surface area (Å²) in [6.07, 6.45) is 0.872. The van der Waals surface area contributed by atoms with Gasteiger partial charge in [-0.15, -0.1) is 11.3 Å². The predicted molar refractivity (Wildman–Crippen MR) is 90.5 cm³/mol. The molecule has 0 unspecified atom stereocenters. The van der Waals surface area contributed by atoms with Crippen molar-refractivity contribution < 1.29 is 19.2 Å². The second kappa shape index (κ2) is 6.67. The Labute approximate surface area is 141 Å². The summed E-state index contributed by atoms with van der Waals surface area (Å²) in [5.74, 6) is -1.83. The Morgan fingerprint density at radius 1 is 1.25 bits per heavy atom. The van der Waals surface area contributed by atoms with Crippen LogP contribution in [-0.2, 0) is 6.42 Å². The van der Waals surface area contributed by atoms with Crippen LogP contribution in [0.2, 0.25) is 0 Å². The van der Waals surface area contributed by atoms with E-state index < -0.39 is 11.9 Å². The third-order valence-electron chi connectivity index (χ3n) is 3.51. The number of amides is 1. The van der Waals surface area contributed by atoms with Crippen LogP contribution in [0.15, 0.2) is 46.3 Å². The first-order chi connectivity index (χ1) is 11.6. The molecule has 24 heavy (non-hydrogen) atoms. The van der Waals surface area contributed by atoms with Crippen molar-refractivity contribution in [2.75, 3.05) is 5.32 Å². The quantitative estimate of drug-likeness (QED) is 0.733. The van der Waals surface area contributed by atoms with E-state index in [4.69, 9.17) is 4.52 Å². The van der Waals surface area contributed by atoms with Gasteiger partial charge in [-0.2, -0.15) is 0 Å². The zero-order valence-corrected chi connectivity index (χ0v) is 13.6. The number of nitrogens with zero attached hydrogens (tertiary/aromatic N) is 1. The second-order valence-corrected chi connectivity index (χ2v) is 5.97. The van der Waals surface area contributed by atoms with Gasteiger partial charge in [0.05, 0.1) is 4.88 Å². The lowest BCUT2D eigenvalue weighted by Gasteiger charge is -2.04. The number of aryl methyl sites for hydroxylation is 1. The minimum atomic E-state index is -1.21. The molecule has 0 atom stereocenters. The number of anilines is 1. The standard InChI is InChI=1S/C17H14N2O4S/c1-2-10-5-7-11(8-6-10)15(20)18-16-13(17(21)22)14(19-23-16)12-4-3-9-24-12/h3-9H,2H2,1H3,(H,18,20)(H,21,22). The number of carboxylic acids is 1. The first-order valence-corrected chi connectivity index (χ1v) is 8.15. The monoisotopic (exact) mass is 342 g/mol. The number of thiophene rings is 1. The van der Waals surface area contributed by atoms with E-state index in [-0.39, 0.29) is 17.1 Å². The maximum absolute atomic E-state index is 12.3. The number of benzene rings is 1. The van der Waals surface area contributed by atoms with E-state index in [2.05, 4.69) is 10.5 Å². The minimum Gasteiger partial charge on any atom is -0.477 e. The predicted octanol–water partition coefficient (Wildman–Crippen LogP) is 3.92. The summed E-state index contributed by atoms with van der Waals surface area (Å²) in [4.78, 5) is 24.5. The summed E-state index contributed by atoms with van der Waals surface area (Å²) < 4.78 is 5.06. The van der Waals surface area contributed by atoms with E-state index in [1.807, 2.05) is 24.4 Å². The van der Waals surface area contributed by atoms with Gasteiger partial charge in [0.2, 0.25) is 5.88 Å². The Kier molecular flexibility index (Phi) is 4.43.